The third-order valence-corrected chi connectivity index (χ3v) is 3.50. The first kappa shape index (κ1) is 12.2. The first-order chi connectivity index (χ1) is 9.42. The molecule has 4 heteroatoms. The van der Waals surface area contributed by atoms with Gasteiger partial charge in [0.25, 0.3) is 0 Å². The third kappa shape index (κ3) is 3.15. The number of aromatic nitrogens is 3. The van der Waals surface area contributed by atoms with Crippen LogP contribution in [0, 0.1) is 0 Å². The molecule has 0 aliphatic carbocycles. The van der Waals surface area contributed by atoms with E-state index in [1.807, 2.05) is 30.6 Å². The van der Waals surface area contributed by atoms with Crippen LogP contribution in [0.5, 0.6) is 0 Å². The maximum absolute atomic E-state index is 4.65. The van der Waals surface area contributed by atoms with Crippen molar-refractivity contribution in [3.8, 4) is 11.3 Å². The van der Waals surface area contributed by atoms with E-state index in [2.05, 4.69) is 20.3 Å². The Morgan fingerprint density at radius 2 is 2.21 bits per heavy atom. The topological polar surface area (TPSA) is 50.7 Å². The fourth-order valence-corrected chi connectivity index (χ4v) is 2.49. The monoisotopic (exact) mass is 254 g/mol. The van der Waals surface area contributed by atoms with Gasteiger partial charge in [-0.05, 0) is 37.6 Å². The van der Waals surface area contributed by atoms with E-state index in [-0.39, 0.29) is 0 Å². The van der Waals surface area contributed by atoms with Crippen molar-refractivity contribution in [2.75, 3.05) is 6.54 Å². The molecule has 3 heterocycles. The molecule has 1 fully saturated rings. The van der Waals surface area contributed by atoms with Gasteiger partial charge in [0, 0.05) is 36.6 Å². The number of pyridine rings is 1. The number of hydrogen-bond acceptors (Lipinski definition) is 4. The van der Waals surface area contributed by atoms with Crippen LogP contribution in [0.1, 0.15) is 25.1 Å². The number of hydrogen-bond donors (Lipinski definition) is 1. The Labute approximate surface area is 113 Å². The van der Waals surface area contributed by atoms with E-state index in [1.54, 1.807) is 6.20 Å². The van der Waals surface area contributed by atoms with Gasteiger partial charge in [0.1, 0.15) is 5.82 Å². The first-order valence-corrected chi connectivity index (χ1v) is 6.87. The third-order valence-electron chi connectivity index (χ3n) is 3.50. The van der Waals surface area contributed by atoms with Crippen LogP contribution in [-0.2, 0) is 6.42 Å². The predicted molar refractivity (Wildman–Crippen MR) is 74.6 cm³/mol. The van der Waals surface area contributed by atoms with Crippen LogP contribution < -0.4 is 5.32 Å². The average Bonchev–Trinajstić information content (AvgIpc) is 2.49. The van der Waals surface area contributed by atoms with Gasteiger partial charge in [-0.1, -0.05) is 6.42 Å². The standard InChI is InChI=1S/C15H18N4/c1-2-8-17-13(5-1)10-15-18-9-6-14(19-15)12-4-3-7-16-11-12/h3-4,6-7,9,11,13,17H,1-2,5,8,10H2. The van der Waals surface area contributed by atoms with E-state index in [4.69, 9.17) is 0 Å². The van der Waals surface area contributed by atoms with Crippen molar-refractivity contribution in [2.45, 2.75) is 31.7 Å². The number of nitrogens with zero attached hydrogens (tertiary/aromatic N) is 3. The summed E-state index contributed by atoms with van der Waals surface area (Å²) in [4.78, 5) is 13.2. The van der Waals surface area contributed by atoms with Gasteiger partial charge in [0.05, 0.1) is 5.69 Å². The molecule has 1 aliphatic heterocycles. The number of nitrogens with one attached hydrogen (secondary N) is 1. The van der Waals surface area contributed by atoms with Crippen LogP contribution in [-0.4, -0.2) is 27.5 Å². The van der Waals surface area contributed by atoms with Crippen LogP contribution in [0.2, 0.25) is 0 Å². The van der Waals surface area contributed by atoms with Gasteiger partial charge in [0.15, 0.2) is 0 Å². The second-order valence-corrected chi connectivity index (χ2v) is 4.95. The fourth-order valence-electron chi connectivity index (χ4n) is 2.49. The minimum atomic E-state index is 0.526. The molecule has 1 atom stereocenters. The molecule has 1 aliphatic rings. The Kier molecular flexibility index (Phi) is 3.79. The molecule has 1 unspecified atom stereocenters. The minimum Gasteiger partial charge on any atom is -0.314 e. The van der Waals surface area contributed by atoms with E-state index in [1.165, 1.54) is 19.3 Å². The maximum atomic E-state index is 4.65. The maximum Gasteiger partial charge on any atom is 0.130 e. The zero-order chi connectivity index (χ0) is 12.9. The summed E-state index contributed by atoms with van der Waals surface area (Å²) in [5, 5.41) is 3.53. The molecule has 2 aromatic heterocycles. The van der Waals surface area contributed by atoms with Crippen molar-refractivity contribution < 1.29 is 0 Å². The highest BCUT2D eigenvalue weighted by molar-refractivity contribution is 5.56. The molecule has 0 spiro atoms. The van der Waals surface area contributed by atoms with Gasteiger partial charge in [0.2, 0.25) is 0 Å². The summed E-state index contributed by atoms with van der Waals surface area (Å²) in [7, 11) is 0. The van der Waals surface area contributed by atoms with Crippen molar-refractivity contribution in [3.05, 3.63) is 42.6 Å². The highest BCUT2D eigenvalue weighted by atomic mass is 14.9. The molecule has 0 saturated carbocycles. The normalized spacial score (nSPS) is 19.3. The van der Waals surface area contributed by atoms with E-state index in [0.717, 1.165) is 30.0 Å². The molecule has 0 amide bonds. The fraction of sp³-hybridized carbons (Fsp3) is 0.400. The Bertz CT molecular complexity index is 521. The number of rotatable bonds is 3. The van der Waals surface area contributed by atoms with Crippen molar-refractivity contribution in [2.24, 2.45) is 0 Å². The SMILES string of the molecule is c1cncc(-c2ccnc(CC3CCCCN3)n2)c1. The Hall–Kier alpha value is -1.81. The molecule has 0 aromatic carbocycles. The molecule has 3 rings (SSSR count). The lowest BCUT2D eigenvalue weighted by Gasteiger charge is -2.22. The molecule has 1 saturated heterocycles. The van der Waals surface area contributed by atoms with E-state index < -0.39 is 0 Å². The van der Waals surface area contributed by atoms with Gasteiger partial charge in [-0.3, -0.25) is 4.98 Å². The molecular weight excluding hydrogens is 236 g/mol. The lowest BCUT2D eigenvalue weighted by atomic mass is 10.0. The van der Waals surface area contributed by atoms with Gasteiger partial charge in [-0.2, -0.15) is 0 Å². The first-order valence-electron chi connectivity index (χ1n) is 6.87. The van der Waals surface area contributed by atoms with Gasteiger partial charge < -0.3 is 5.32 Å². The van der Waals surface area contributed by atoms with Gasteiger partial charge in [-0.15, -0.1) is 0 Å². The zero-order valence-corrected chi connectivity index (χ0v) is 10.9. The van der Waals surface area contributed by atoms with Gasteiger partial charge in [-0.25, -0.2) is 9.97 Å². The smallest absolute Gasteiger partial charge is 0.130 e. The summed E-state index contributed by atoms with van der Waals surface area (Å²) in [5.41, 5.74) is 2.00. The number of piperidine rings is 1. The summed E-state index contributed by atoms with van der Waals surface area (Å²) >= 11 is 0. The molecule has 98 valence electrons. The molecule has 4 nitrogen and oxygen atoms in total. The molecule has 0 radical (unpaired) electrons. The molecule has 0 bridgehead atoms. The summed E-state index contributed by atoms with van der Waals surface area (Å²) < 4.78 is 0. The second kappa shape index (κ2) is 5.89. The van der Waals surface area contributed by atoms with Crippen molar-refractivity contribution >= 4 is 0 Å². The van der Waals surface area contributed by atoms with Crippen molar-refractivity contribution in [3.63, 3.8) is 0 Å². The van der Waals surface area contributed by atoms with Crippen LogP contribution in [0.15, 0.2) is 36.8 Å². The predicted octanol–water partition coefficient (Wildman–Crippen LogP) is 2.22. The lowest BCUT2D eigenvalue weighted by molar-refractivity contribution is 0.394. The summed E-state index contributed by atoms with van der Waals surface area (Å²) in [6.07, 6.45) is 10.2. The molecular formula is C15H18N4. The Balaban J connectivity index is 1.76. The highest BCUT2D eigenvalue weighted by Gasteiger charge is 2.14. The van der Waals surface area contributed by atoms with Crippen LogP contribution in [0.3, 0.4) is 0 Å². The van der Waals surface area contributed by atoms with Crippen molar-refractivity contribution in [1.82, 2.24) is 20.3 Å². The summed E-state index contributed by atoms with van der Waals surface area (Å²) in [5.74, 6) is 0.917. The van der Waals surface area contributed by atoms with Crippen LogP contribution in [0.4, 0.5) is 0 Å². The largest absolute Gasteiger partial charge is 0.314 e. The average molecular weight is 254 g/mol. The zero-order valence-electron chi connectivity index (χ0n) is 10.9. The van der Waals surface area contributed by atoms with E-state index in [0.29, 0.717) is 6.04 Å². The molecule has 1 N–H and O–H groups in total. The van der Waals surface area contributed by atoms with E-state index >= 15 is 0 Å². The Morgan fingerprint density at radius 3 is 3.00 bits per heavy atom. The van der Waals surface area contributed by atoms with Crippen LogP contribution in [0.25, 0.3) is 11.3 Å². The second-order valence-electron chi connectivity index (χ2n) is 4.95. The minimum absolute atomic E-state index is 0.526. The lowest BCUT2D eigenvalue weighted by Crippen LogP contribution is -2.36. The quantitative estimate of drug-likeness (QED) is 0.912. The summed E-state index contributed by atoms with van der Waals surface area (Å²) in [6.45, 7) is 1.12. The Morgan fingerprint density at radius 1 is 1.21 bits per heavy atom. The summed E-state index contributed by atoms with van der Waals surface area (Å²) in [6, 6.07) is 6.42. The highest BCUT2D eigenvalue weighted by Crippen LogP contribution is 2.16. The van der Waals surface area contributed by atoms with Gasteiger partial charge >= 0.3 is 0 Å². The van der Waals surface area contributed by atoms with E-state index in [9.17, 15) is 0 Å². The van der Waals surface area contributed by atoms with Crippen molar-refractivity contribution in [1.29, 1.82) is 0 Å². The molecule has 19 heavy (non-hydrogen) atoms. The van der Waals surface area contributed by atoms with Crippen LogP contribution >= 0.6 is 0 Å². The molecule has 2 aromatic rings.